The lowest BCUT2D eigenvalue weighted by Gasteiger charge is -2.23. The van der Waals surface area contributed by atoms with Crippen molar-refractivity contribution in [2.75, 3.05) is 5.32 Å². The Morgan fingerprint density at radius 2 is 2.30 bits per heavy atom. The van der Waals surface area contributed by atoms with Gasteiger partial charge in [-0.3, -0.25) is 14.9 Å². The van der Waals surface area contributed by atoms with Crippen LogP contribution in [0.2, 0.25) is 0 Å². The number of hydrogen-bond acceptors (Lipinski definition) is 3. The Morgan fingerprint density at radius 1 is 1.39 bits per heavy atom. The summed E-state index contributed by atoms with van der Waals surface area (Å²) in [5, 5.41) is 11.1. The molecule has 116 valence electrons. The van der Waals surface area contributed by atoms with Crippen LogP contribution in [0, 0.1) is 6.92 Å². The number of H-pyrrole nitrogens is 1. The molecule has 1 aromatic carbocycles. The van der Waals surface area contributed by atoms with E-state index in [0.29, 0.717) is 0 Å². The van der Waals surface area contributed by atoms with Gasteiger partial charge in [0.05, 0.1) is 23.3 Å². The van der Waals surface area contributed by atoms with Crippen molar-refractivity contribution in [3.8, 4) is 0 Å². The van der Waals surface area contributed by atoms with Gasteiger partial charge in [-0.15, -0.1) is 0 Å². The molecule has 3 aromatic rings. The molecule has 2 heterocycles. The third-order valence-corrected chi connectivity index (χ3v) is 4.55. The number of fused-ring (bicyclic) bond motifs is 2. The summed E-state index contributed by atoms with van der Waals surface area (Å²) in [6.07, 6.45) is 6.43. The first-order valence-corrected chi connectivity index (χ1v) is 7.91. The second kappa shape index (κ2) is 5.50. The number of nitrogens with zero attached hydrogens (tertiary/aromatic N) is 2. The number of anilines is 1. The first kappa shape index (κ1) is 13.9. The van der Waals surface area contributed by atoms with Gasteiger partial charge in [-0.25, -0.2) is 0 Å². The largest absolute Gasteiger partial charge is 0.325 e. The zero-order valence-electron chi connectivity index (χ0n) is 13.0. The van der Waals surface area contributed by atoms with Crippen molar-refractivity contribution >= 4 is 22.5 Å². The maximum absolute atomic E-state index is 12.8. The van der Waals surface area contributed by atoms with E-state index in [1.165, 1.54) is 5.56 Å². The molecule has 1 aliphatic carbocycles. The molecular weight excluding hydrogens is 288 g/mol. The maximum Gasteiger partial charge on any atom is 0.233 e. The smallest absolute Gasteiger partial charge is 0.233 e. The second-order valence-electron chi connectivity index (χ2n) is 6.11. The SMILES string of the molecule is Cc1cc2cn[nH]c2cc1NC(=O)[C@H]1CCCc2cccnc21. The van der Waals surface area contributed by atoms with Crippen LogP contribution in [0.5, 0.6) is 0 Å². The van der Waals surface area contributed by atoms with Crippen molar-refractivity contribution in [2.24, 2.45) is 0 Å². The van der Waals surface area contributed by atoms with Crippen molar-refractivity contribution < 1.29 is 4.79 Å². The molecule has 0 fully saturated rings. The molecule has 0 unspecified atom stereocenters. The number of aromatic amines is 1. The predicted octanol–water partition coefficient (Wildman–Crippen LogP) is 3.32. The van der Waals surface area contributed by atoms with Gasteiger partial charge in [0.15, 0.2) is 0 Å². The molecule has 23 heavy (non-hydrogen) atoms. The van der Waals surface area contributed by atoms with E-state index in [1.54, 1.807) is 12.4 Å². The number of carbonyl (C=O) groups excluding carboxylic acids is 1. The third-order valence-electron chi connectivity index (χ3n) is 4.55. The van der Waals surface area contributed by atoms with E-state index in [9.17, 15) is 4.79 Å². The number of pyridine rings is 1. The summed E-state index contributed by atoms with van der Waals surface area (Å²) in [6.45, 7) is 2.00. The van der Waals surface area contributed by atoms with Gasteiger partial charge in [0.25, 0.3) is 0 Å². The zero-order chi connectivity index (χ0) is 15.8. The molecule has 5 nitrogen and oxygen atoms in total. The van der Waals surface area contributed by atoms with Crippen molar-refractivity contribution in [3.63, 3.8) is 0 Å². The third kappa shape index (κ3) is 2.48. The van der Waals surface area contributed by atoms with Crippen LogP contribution in [0.15, 0.2) is 36.7 Å². The number of nitrogens with one attached hydrogen (secondary N) is 2. The van der Waals surface area contributed by atoms with Crippen LogP contribution in [0.3, 0.4) is 0 Å². The van der Waals surface area contributed by atoms with E-state index in [1.807, 2.05) is 25.1 Å². The Morgan fingerprint density at radius 3 is 3.22 bits per heavy atom. The number of aromatic nitrogens is 3. The fourth-order valence-corrected chi connectivity index (χ4v) is 3.32. The minimum absolute atomic E-state index is 0.0200. The van der Waals surface area contributed by atoms with Crippen molar-refractivity contribution in [2.45, 2.75) is 32.1 Å². The number of carbonyl (C=O) groups is 1. The Hall–Kier alpha value is -2.69. The molecule has 5 heteroatoms. The van der Waals surface area contributed by atoms with E-state index in [2.05, 4.69) is 26.6 Å². The zero-order valence-corrected chi connectivity index (χ0v) is 13.0. The Labute approximate surface area is 134 Å². The summed E-state index contributed by atoms with van der Waals surface area (Å²) in [6, 6.07) is 7.98. The highest BCUT2D eigenvalue weighted by molar-refractivity contribution is 5.98. The van der Waals surface area contributed by atoms with E-state index in [0.717, 1.165) is 47.1 Å². The Kier molecular flexibility index (Phi) is 3.33. The molecule has 1 amide bonds. The molecule has 2 aromatic heterocycles. The van der Waals surface area contributed by atoms with Crippen LogP contribution in [-0.4, -0.2) is 21.1 Å². The summed E-state index contributed by atoms with van der Waals surface area (Å²) in [5.41, 5.74) is 4.91. The lowest BCUT2D eigenvalue weighted by Crippen LogP contribution is -2.26. The van der Waals surface area contributed by atoms with Crippen LogP contribution in [-0.2, 0) is 11.2 Å². The highest BCUT2D eigenvalue weighted by Crippen LogP contribution is 2.31. The van der Waals surface area contributed by atoms with Gasteiger partial charge in [0, 0.05) is 17.3 Å². The van der Waals surface area contributed by atoms with Gasteiger partial charge < -0.3 is 5.32 Å². The van der Waals surface area contributed by atoms with E-state index in [4.69, 9.17) is 0 Å². The molecule has 0 aliphatic heterocycles. The topological polar surface area (TPSA) is 70.7 Å². The molecule has 1 aliphatic rings. The van der Waals surface area contributed by atoms with Gasteiger partial charge in [-0.05, 0) is 55.5 Å². The van der Waals surface area contributed by atoms with Gasteiger partial charge in [-0.2, -0.15) is 5.10 Å². The number of rotatable bonds is 2. The minimum atomic E-state index is -0.170. The summed E-state index contributed by atoms with van der Waals surface area (Å²) < 4.78 is 0. The quantitative estimate of drug-likeness (QED) is 0.763. The summed E-state index contributed by atoms with van der Waals surface area (Å²) in [5.74, 6) is -0.150. The van der Waals surface area contributed by atoms with Crippen LogP contribution in [0.1, 0.15) is 35.6 Å². The minimum Gasteiger partial charge on any atom is -0.325 e. The predicted molar refractivity (Wildman–Crippen MR) is 89.4 cm³/mol. The fourth-order valence-electron chi connectivity index (χ4n) is 3.32. The average Bonchev–Trinajstić information content (AvgIpc) is 3.01. The summed E-state index contributed by atoms with van der Waals surface area (Å²) >= 11 is 0. The number of benzene rings is 1. The monoisotopic (exact) mass is 306 g/mol. The highest BCUT2D eigenvalue weighted by Gasteiger charge is 2.27. The summed E-state index contributed by atoms with van der Waals surface area (Å²) in [7, 11) is 0. The Bertz CT molecular complexity index is 884. The second-order valence-corrected chi connectivity index (χ2v) is 6.11. The first-order valence-electron chi connectivity index (χ1n) is 7.91. The van der Waals surface area contributed by atoms with E-state index in [-0.39, 0.29) is 11.8 Å². The average molecular weight is 306 g/mol. The molecule has 0 spiro atoms. The van der Waals surface area contributed by atoms with Crippen LogP contribution >= 0.6 is 0 Å². The van der Waals surface area contributed by atoms with Crippen molar-refractivity contribution in [1.82, 2.24) is 15.2 Å². The lowest BCUT2D eigenvalue weighted by atomic mass is 9.86. The molecule has 0 saturated heterocycles. The number of aryl methyl sites for hydroxylation is 2. The highest BCUT2D eigenvalue weighted by atomic mass is 16.1. The molecule has 1 atom stereocenters. The standard InChI is InChI=1S/C18H18N4O/c1-11-8-13-10-20-22-16(13)9-15(11)21-18(23)14-6-2-4-12-5-3-7-19-17(12)14/h3,5,7-10,14H,2,4,6H2,1H3,(H,20,22)(H,21,23)/t14-/m0/s1. The molecule has 0 saturated carbocycles. The van der Waals surface area contributed by atoms with E-state index < -0.39 is 0 Å². The lowest BCUT2D eigenvalue weighted by molar-refractivity contribution is -0.118. The van der Waals surface area contributed by atoms with Crippen LogP contribution in [0.4, 0.5) is 5.69 Å². The van der Waals surface area contributed by atoms with Gasteiger partial charge in [0.2, 0.25) is 5.91 Å². The molecule has 2 N–H and O–H groups in total. The normalized spacial score (nSPS) is 17.0. The fraction of sp³-hybridized carbons (Fsp3) is 0.278. The maximum atomic E-state index is 12.8. The molecular formula is C18H18N4O. The van der Waals surface area contributed by atoms with Gasteiger partial charge >= 0.3 is 0 Å². The molecule has 0 radical (unpaired) electrons. The molecule has 0 bridgehead atoms. The first-order chi connectivity index (χ1) is 11.2. The van der Waals surface area contributed by atoms with Crippen molar-refractivity contribution in [1.29, 1.82) is 0 Å². The number of hydrogen-bond donors (Lipinski definition) is 2. The summed E-state index contributed by atoms with van der Waals surface area (Å²) in [4.78, 5) is 17.2. The molecule has 4 rings (SSSR count). The van der Waals surface area contributed by atoms with Crippen molar-refractivity contribution in [3.05, 3.63) is 53.5 Å². The van der Waals surface area contributed by atoms with Gasteiger partial charge in [-0.1, -0.05) is 6.07 Å². The van der Waals surface area contributed by atoms with E-state index >= 15 is 0 Å². The van der Waals surface area contributed by atoms with Crippen LogP contribution < -0.4 is 5.32 Å². The van der Waals surface area contributed by atoms with Crippen LogP contribution in [0.25, 0.3) is 10.9 Å². The van der Waals surface area contributed by atoms with Gasteiger partial charge in [0.1, 0.15) is 0 Å². The number of amides is 1. The Balaban J connectivity index is 1.64.